The molecule has 1 amide bonds. The number of nitro groups is 1. The van der Waals surface area contributed by atoms with Crippen LogP contribution in [0.1, 0.15) is 19.3 Å². The molecule has 1 aliphatic heterocycles. The zero-order valence-corrected chi connectivity index (χ0v) is 14.9. The van der Waals surface area contributed by atoms with Crippen LogP contribution in [0.25, 0.3) is 0 Å². The highest BCUT2D eigenvalue weighted by Crippen LogP contribution is 2.51. The molecule has 0 unspecified atom stereocenters. The molecule has 1 aromatic carbocycles. The van der Waals surface area contributed by atoms with E-state index >= 15 is 0 Å². The largest absolute Gasteiger partial charge is 0.487 e. The van der Waals surface area contributed by atoms with E-state index in [0.29, 0.717) is 19.5 Å². The summed E-state index contributed by atoms with van der Waals surface area (Å²) in [4.78, 5) is 22.7. The molecule has 1 aromatic rings. The molecular formula is C17H22FN3O6. The highest BCUT2D eigenvalue weighted by Gasteiger charge is 2.53. The lowest BCUT2D eigenvalue weighted by Crippen LogP contribution is -2.64. The summed E-state index contributed by atoms with van der Waals surface area (Å²) in [6.07, 6.45) is 1.32. The predicted molar refractivity (Wildman–Crippen MR) is 93.9 cm³/mol. The van der Waals surface area contributed by atoms with Crippen LogP contribution in [-0.4, -0.2) is 55.6 Å². The Labute approximate surface area is 155 Å². The summed E-state index contributed by atoms with van der Waals surface area (Å²) in [5.41, 5.74) is -0.00942. The third-order valence-electron chi connectivity index (χ3n) is 5.13. The third kappa shape index (κ3) is 4.05. The number of methoxy groups -OCH3 is 1. The summed E-state index contributed by atoms with van der Waals surface area (Å²) in [7, 11) is 1.68. The number of amides is 1. The molecule has 2 fully saturated rings. The molecule has 0 radical (unpaired) electrons. The van der Waals surface area contributed by atoms with Gasteiger partial charge in [-0.3, -0.25) is 10.1 Å². The first kappa shape index (κ1) is 19.2. The molecular weight excluding hydrogens is 361 g/mol. The average molecular weight is 383 g/mol. The van der Waals surface area contributed by atoms with Crippen molar-refractivity contribution in [2.75, 3.05) is 38.3 Å². The third-order valence-corrected chi connectivity index (χ3v) is 5.13. The molecule has 10 heteroatoms. The first-order valence-corrected chi connectivity index (χ1v) is 8.69. The van der Waals surface area contributed by atoms with E-state index in [4.69, 9.17) is 14.6 Å². The second kappa shape index (κ2) is 7.55. The number of hydrogen-bond donors (Lipinski definition) is 2. The molecule has 1 saturated heterocycles. The Hall–Kier alpha value is -2.62. The van der Waals surface area contributed by atoms with E-state index in [0.717, 1.165) is 18.9 Å². The van der Waals surface area contributed by atoms with Gasteiger partial charge in [0.2, 0.25) is 0 Å². The van der Waals surface area contributed by atoms with Crippen molar-refractivity contribution in [3.05, 3.63) is 28.1 Å². The Morgan fingerprint density at radius 1 is 1.48 bits per heavy atom. The van der Waals surface area contributed by atoms with Gasteiger partial charge in [-0.2, -0.15) is 0 Å². The topological polar surface area (TPSA) is 114 Å². The standard InChI is InChI=1S/C17H22FN3O6/c1-26-11-7-17(8-11)9-20(10-17)13-6-15(14(21(24)25)5-12(13)18)27-4-2-3-19-16(22)23/h5-6,11,19H,2-4,7-10H2,1H3,(H,22,23). The molecule has 0 atom stereocenters. The first-order chi connectivity index (χ1) is 12.8. The fourth-order valence-corrected chi connectivity index (χ4v) is 3.75. The van der Waals surface area contributed by atoms with Crippen LogP contribution in [0.2, 0.25) is 0 Å². The highest BCUT2D eigenvalue weighted by molar-refractivity contribution is 5.64. The fraction of sp³-hybridized carbons (Fsp3) is 0.588. The zero-order chi connectivity index (χ0) is 19.6. The summed E-state index contributed by atoms with van der Waals surface area (Å²) >= 11 is 0. The van der Waals surface area contributed by atoms with Crippen LogP contribution < -0.4 is 15.0 Å². The Kier molecular flexibility index (Phi) is 5.36. The summed E-state index contributed by atoms with van der Waals surface area (Å²) in [5.74, 6) is -0.671. The maximum atomic E-state index is 14.4. The van der Waals surface area contributed by atoms with Gasteiger partial charge in [0.05, 0.1) is 29.4 Å². The minimum Gasteiger partial charge on any atom is -0.487 e. The second-order valence-electron chi connectivity index (χ2n) is 7.08. The van der Waals surface area contributed by atoms with Crippen LogP contribution in [0.4, 0.5) is 20.6 Å². The first-order valence-electron chi connectivity index (χ1n) is 8.69. The molecule has 3 rings (SSSR count). The molecule has 1 heterocycles. The van der Waals surface area contributed by atoms with Crippen LogP contribution >= 0.6 is 0 Å². The van der Waals surface area contributed by atoms with Crippen molar-refractivity contribution < 1.29 is 28.7 Å². The molecule has 27 heavy (non-hydrogen) atoms. The van der Waals surface area contributed by atoms with Gasteiger partial charge in [-0.15, -0.1) is 0 Å². The second-order valence-corrected chi connectivity index (χ2v) is 7.08. The van der Waals surface area contributed by atoms with Crippen molar-refractivity contribution in [2.24, 2.45) is 5.41 Å². The van der Waals surface area contributed by atoms with Crippen LogP contribution in [0.5, 0.6) is 5.75 Å². The average Bonchev–Trinajstić information content (AvgIpc) is 2.53. The van der Waals surface area contributed by atoms with Crippen LogP contribution in [0.15, 0.2) is 12.1 Å². The zero-order valence-electron chi connectivity index (χ0n) is 14.9. The van der Waals surface area contributed by atoms with Crippen molar-refractivity contribution >= 4 is 17.5 Å². The van der Waals surface area contributed by atoms with Gasteiger partial charge in [0.1, 0.15) is 0 Å². The van der Waals surface area contributed by atoms with E-state index in [1.807, 2.05) is 4.90 Å². The maximum Gasteiger partial charge on any atom is 0.404 e. The van der Waals surface area contributed by atoms with E-state index in [2.05, 4.69) is 5.32 Å². The summed E-state index contributed by atoms with van der Waals surface area (Å²) < 4.78 is 25.1. The predicted octanol–water partition coefficient (Wildman–Crippen LogP) is 2.39. The number of ether oxygens (including phenoxy) is 2. The van der Waals surface area contributed by atoms with Crippen molar-refractivity contribution in [1.29, 1.82) is 0 Å². The van der Waals surface area contributed by atoms with Gasteiger partial charge in [-0.25, -0.2) is 9.18 Å². The molecule has 1 aliphatic carbocycles. The van der Waals surface area contributed by atoms with E-state index in [-0.39, 0.29) is 36.1 Å². The van der Waals surface area contributed by atoms with Crippen molar-refractivity contribution in [2.45, 2.75) is 25.4 Å². The Balaban J connectivity index is 1.65. The normalized spacial score (nSPS) is 17.9. The number of nitrogens with zero attached hydrogens (tertiary/aromatic N) is 2. The number of benzene rings is 1. The number of halogens is 1. The molecule has 2 aliphatic rings. The number of hydrogen-bond acceptors (Lipinski definition) is 6. The van der Waals surface area contributed by atoms with Gasteiger partial charge in [0.25, 0.3) is 0 Å². The van der Waals surface area contributed by atoms with Gasteiger partial charge < -0.3 is 24.8 Å². The van der Waals surface area contributed by atoms with Crippen molar-refractivity contribution in [3.63, 3.8) is 0 Å². The van der Waals surface area contributed by atoms with Crippen LogP contribution in [0, 0.1) is 21.3 Å². The number of rotatable bonds is 8. The van der Waals surface area contributed by atoms with Gasteiger partial charge in [-0.1, -0.05) is 0 Å². The highest BCUT2D eigenvalue weighted by atomic mass is 19.1. The molecule has 148 valence electrons. The summed E-state index contributed by atoms with van der Waals surface area (Å²) in [6, 6.07) is 2.24. The Morgan fingerprint density at radius 3 is 2.78 bits per heavy atom. The van der Waals surface area contributed by atoms with E-state index < -0.39 is 22.5 Å². The Bertz CT molecular complexity index is 730. The van der Waals surface area contributed by atoms with Gasteiger partial charge in [-0.05, 0) is 19.3 Å². The van der Waals surface area contributed by atoms with E-state index in [9.17, 15) is 19.3 Å². The quantitative estimate of drug-likeness (QED) is 0.402. The molecule has 1 saturated carbocycles. The smallest absolute Gasteiger partial charge is 0.404 e. The van der Waals surface area contributed by atoms with Crippen molar-refractivity contribution in [1.82, 2.24) is 5.32 Å². The van der Waals surface area contributed by atoms with Gasteiger partial charge in [0.15, 0.2) is 11.6 Å². The minimum atomic E-state index is -1.15. The molecule has 0 bridgehead atoms. The van der Waals surface area contributed by atoms with E-state index in [1.165, 1.54) is 6.07 Å². The SMILES string of the molecule is COC1CC2(C1)CN(c1cc(OCCCNC(=O)O)c([N+](=O)[O-])cc1F)C2. The van der Waals surface area contributed by atoms with E-state index in [1.54, 1.807) is 7.11 Å². The lowest BCUT2D eigenvalue weighted by Gasteiger charge is -2.59. The van der Waals surface area contributed by atoms with Crippen molar-refractivity contribution in [3.8, 4) is 5.75 Å². The van der Waals surface area contributed by atoms with Crippen LogP contribution in [-0.2, 0) is 4.74 Å². The summed E-state index contributed by atoms with van der Waals surface area (Å²) in [5, 5.41) is 21.9. The lowest BCUT2D eigenvalue weighted by atomic mass is 9.61. The number of nitro benzene ring substituents is 1. The van der Waals surface area contributed by atoms with Gasteiger partial charge in [0, 0.05) is 38.2 Å². The lowest BCUT2D eigenvalue weighted by molar-refractivity contribution is -0.386. The molecule has 0 aromatic heterocycles. The number of anilines is 1. The number of carboxylic acid groups (broad SMARTS) is 1. The fourth-order valence-electron chi connectivity index (χ4n) is 3.75. The number of nitrogens with one attached hydrogen (secondary N) is 1. The minimum absolute atomic E-state index is 0.0175. The molecule has 1 spiro atoms. The monoisotopic (exact) mass is 383 g/mol. The summed E-state index contributed by atoms with van der Waals surface area (Å²) in [6.45, 7) is 1.60. The maximum absolute atomic E-state index is 14.4. The van der Waals surface area contributed by atoms with Crippen LogP contribution in [0.3, 0.4) is 0 Å². The number of carbonyl (C=O) groups is 1. The van der Waals surface area contributed by atoms with Gasteiger partial charge >= 0.3 is 11.8 Å². The Morgan fingerprint density at radius 2 is 2.19 bits per heavy atom. The molecule has 9 nitrogen and oxygen atoms in total. The molecule has 2 N–H and O–H groups in total.